The fraction of sp³-hybridized carbons (Fsp3) is 0.304. The molecule has 3 aromatic rings. The molecule has 1 aliphatic carbocycles. The zero-order valence-electron chi connectivity index (χ0n) is 18.2. The van der Waals surface area contributed by atoms with Crippen molar-refractivity contribution < 1.29 is 33.1 Å². The number of amides is 1. The van der Waals surface area contributed by atoms with Crippen molar-refractivity contribution in [2.45, 2.75) is 44.4 Å². The number of benzene rings is 1. The predicted octanol–water partition coefficient (Wildman–Crippen LogP) is 3.58. The van der Waals surface area contributed by atoms with Crippen LogP contribution in [0.5, 0.6) is 5.95 Å². The van der Waals surface area contributed by atoms with Crippen LogP contribution >= 0.6 is 0 Å². The lowest BCUT2D eigenvalue weighted by molar-refractivity contribution is -0.140. The van der Waals surface area contributed by atoms with Crippen molar-refractivity contribution in [1.29, 1.82) is 0 Å². The van der Waals surface area contributed by atoms with Crippen LogP contribution < -0.4 is 15.4 Å². The summed E-state index contributed by atoms with van der Waals surface area (Å²) in [7, 11) is 0. The Morgan fingerprint density at radius 3 is 2.85 bits per heavy atom. The molecule has 2 unspecified atom stereocenters. The van der Waals surface area contributed by atoms with Crippen LogP contribution in [0.15, 0.2) is 39.4 Å². The third kappa shape index (κ3) is 3.90. The molecule has 2 aliphatic rings. The lowest BCUT2D eigenvalue weighted by Gasteiger charge is -2.15. The average Bonchev–Trinajstić information content (AvgIpc) is 3.12. The number of carboxylic acid groups (broad SMARTS) is 1. The van der Waals surface area contributed by atoms with Gasteiger partial charge in [-0.05, 0) is 49.7 Å². The van der Waals surface area contributed by atoms with E-state index >= 15 is 0 Å². The van der Waals surface area contributed by atoms with Crippen LogP contribution in [0.2, 0.25) is 0 Å². The Kier molecular flexibility index (Phi) is 5.13. The summed E-state index contributed by atoms with van der Waals surface area (Å²) in [6, 6.07) is 7.63. The van der Waals surface area contributed by atoms with Crippen LogP contribution in [0.3, 0.4) is 0 Å². The zero-order valence-corrected chi connectivity index (χ0v) is 18.2. The minimum atomic E-state index is -1.07. The topological polar surface area (TPSA) is 149 Å². The summed E-state index contributed by atoms with van der Waals surface area (Å²) in [6.07, 6.45) is 0.311. The molecule has 1 amide bonds. The second-order valence-electron chi connectivity index (χ2n) is 8.05. The SMILES string of the molecule is Cc1ccccc1C(C)OC(=O)Nc1cnoc1C#CC1Nc2nc(C3(C(=O)O)CC3)oc2O1. The van der Waals surface area contributed by atoms with Crippen LogP contribution in [0.25, 0.3) is 0 Å². The first-order valence-electron chi connectivity index (χ1n) is 10.5. The maximum absolute atomic E-state index is 12.3. The van der Waals surface area contributed by atoms with Gasteiger partial charge in [-0.25, -0.2) is 4.79 Å². The van der Waals surface area contributed by atoms with Crippen LogP contribution in [-0.4, -0.2) is 33.5 Å². The number of nitrogens with zero attached hydrogens (tertiary/aromatic N) is 2. The third-order valence-electron chi connectivity index (χ3n) is 5.69. The number of carboxylic acids is 1. The highest BCUT2D eigenvalue weighted by Gasteiger charge is 2.57. The van der Waals surface area contributed by atoms with Crippen LogP contribution in [0.1, 0.15) is 48.6 Å². The van der Waals surface area contributed by atoms with E-state index in [0.717, 1.165) is 11.1 Å². The van der Waals surface area contributed by atoms with Gasteiger partial charge in [0, 0.05) is 0 Å². The fourth-order valence-electron chi connectivity index (χ4n) is 3.61. The molecule has 0 radical (unpaired) electrons. The number of hydrogen-bond donors (Lipinski definition) is 3. The van der Waals surface area contributed by atoms with Crippen molar-refractivity contribution in [3.05, 3.63) is 53.2 Å². The number of aliphatic carboxylic acids is 1. The van der Waals surface area contributed by atoms with Crippen molar-refractivity contribution in [2.24, 2.45) is 0 Å². The molecule has 1 saturated carbocycles. The third-order valence-corrected chi connectivity index (χ3v) is 5.69. The van der Waals surface area contributed by atoms with Gasteiger partial charge in [0.15, 0.2) is 0 Å². The normalized spacial score (nSPS) is 17.9. The standard InChI is InChI=1S/C23H20N4O7/c1-12-5-3-4-6-14(12)13(2)31-22(30)25-15-11-24-34-16(15)7-8-17-26-18-19(32-17)33-20(27-18)23(9-10-23)21(28)29/h3-6,11,13,17,26H,9-10H2,1-2H3,(H,25,30)(H,28,29). The van der Waals surface area contributed by atoms with E-state index < -0.39 is 29.8 Å². The van der Waals surface area contributed by atoms with Crippen molar-refractivity contribution in [3.8, 4) is 17.8 Å². The van der Waals surface area contributed by atoms with Crippen molar-refractivity contribution >= 4 is 23.6 Å². The molecule has 0 saturated heterocycles. The lowest BCUT2D eigenvalue weighted by atomic mass is 10.1. The molecule has 2 aromatic heterocycles. The van der Waals surface area contributed by atoms with Gasteiger partial charge in [0.25, 0.3) is 0 Å². The number of anilines is 2. The van der Waals surface area contributed by atoms with Gasteiger partial charge in [-0.1, -0.05) is 29.4 Å². The van der Waals surface area contributed by atoms with Crippen LogP contribution in [0, 0.1) is 18.8 Å². The van der Waals surface area contributed by atoms with Gasteiger partial charge >= 0.3 is 18.0 Å². The summed E-state index contributed by atoms with van der Waals surface area (Å²) in [5.74, 6) is 5.12. The lowest BCUT2D eigenvalue weighted by Crippen LogP contribution is -2.22. The summed E-state index contributed by atoms with van der Waals surface area (Å²) >= 11 is 0. The van der Waals surface area contributed by atoms with Crippen molar-refractivity contribution in [2.75, 3.05) is 10.6 Å². The Morgan fingerprint density at radius 2 is 2.15 bits per heavy atom. The van der Waals surface area contributed by atoms with E-state index in [0.29, 0.717) is 12.8 Å². The Bertz CT molecular complexity index is 1300. The van der Waals surface area contributed by atoms with Gasteiger partial charge in [0.2, 0.25) is 23.7 Å². The minimum absolute atomic E-state index is 0.0755. The maximum Gasteiger partial charge on any atom is 0.412 e. The molecular weight excluding hydrogens is 444 g/mol. The number of fused-ring (bicyclic) bond motifs is 1. The van der Waals surface area contributed by atoms with Gasteiger partial charge in [-0.2, -0.15) is 4.98 Å². The van der Waals surface area contributed by atoms with Gasteiger partial charge in [0.05, 0.1) is 6.20 Å². The number of aryl methyl sites for hydroxylation is 1. The first-order chi connectivity index (χ1) is 16.4. The number of nitrogens with one attached hydrogen (secondary N) is 2. The Balaban J connectivity index is 1.20. The largest absolute Gasteiger partial charge is 0.480 e. The quantitative estimate of drug-likeness (QED) is 0.478. The highest BCUT2D eigenvalue weighted by Crippen LogP contribution is 2.50. The predicted molar refractivity (Wildman–Crippen MR) is 116 cm³/mol. The summed E-state index contributed by atoms with van der Waals surface area (Å²) < 4.78 is 21.6. The molecule has 34 heavy (non-hydrogen) atoms. The highest BCUT2D eigenvalue weighted by molar-refractivity contribution is 5.86. The van der Waals surface area contributed by atoms with Gasteiger partial charge < -0.3 is 28.8 Å². The number of carbonyl (C=O) groups excluding carboxylic acids is 1. The van der Waals surface area contributed by atoms with E-state index in [9.17, 15) is 14.7 Å². The van der Waals surface area contributed by atoms with E-state index in [2.05, 4.69) is 32.6 Å². The van der Waals surface area contributed by atoms with Gasteiger partial charge in [-0.3, -0.25) is 10.1 Å². The number of rotatable bonds is 5. The van der Waals surface area contributed by atoms with Crippen molar-refractivity contribution in [1.82, 2.24) is 10.1 Å². The Morgan fingerprint density at radius 1 is 1.35 bits per heavy atom. The Hall–Kier alpha value is -4.46. The van der Waals surface area contributed by atoms with E-state index in [1.54, 1.807) is 6.92 Å². The molecule has 0 bridgehead atoms. The molecule has 3 heterocycles. The molecule has 5 rings (SSSR count). The molecule has 11 nitrogen and oxygen atoms in total. The van der Waals surface area contributed by atoms with E-state index in [-0.39, 0.29) is 29.1 Å². The molecule has 0 spiro atoms. The highest BCUT2D eigenvalue weighted by atomic mass is 16.6. The van der Waals surface area contributed by atoms with E-state index in [1.165, 1.54) is 6.20 Å². The number of carbonyl (C=O) groups is 2. The maximum atomic E-state index is 12.3. The fourth-order valence-corrected chi connectivity index (χ4v) is 3.61. The number of ether oxygens (including phenoxy) is 2. The van der Waals surface area contributed by atoms with Gasteiger partial charge in [-0.15, -0.1) is 0 Å². The molecule has 1 aromatic carbocycles. The monoisotopic (exact) mass is 464 g/mol. The minimum Gasteiger partial charge on any atom is -0.480 e. The molecule has 1 aliphatic heterocycles. The summed E-state index contributed by atoms with van der Waals surface area (Å²) in [6.45, 7) is 3.72. The first-order valence-corrected chi connectivity index (χ1v) is 10.5. The number of hydrogen-bond acceptors (Lipinski definition) is 9. The van der Waals surface area contributed by atoms with E-state index in [1.807, 2.05) is 31.2 Å². The number of aromatic nitrogens is 2. The first kappa shape index (κ1) is 21.4. The smallest absolute Gasteiger partial charge is 0.412 e. The second-order valence-corrected chi connectivity index (χ2v) is 8.05. The molecule has 1 fully saturated rings. The molecule has 2 atom stereocenters. The molecular formula is C23H20N4O7. The molecule has 11 heteroatoms. The van der Waals surface area contributed by atoms with Crippen LogP contribution in [-0.2, 0) is 14.9 Å². The van der Waals surface area contributed by atoms with E-state index in [4.69, 9.17) is 18.4 Å². The summed E-state index contributed by atoms with van der Waals surface area (Å²) in [4.78, 5) is 28.0. The second kappa shape index (κ2) is 8.15. The molecule has 174 valence electrons. The zero-order chi connectivity index (χ0) is 23.9. The summed E-state index contributed by atoms with van der Waals surface area (Å²) in [5.41, 5.74) is 1.08. The van der Waals surface area contributed by atoms with Crippen molar-refractivity contribution in [3.63, 3.8) is 0 Å². The summed E-state index contributed by atoms with van der Waals surface area (Å²) in [5, 5.41) is 18.5. The molecule has 3 N–H and O–H groups in total. The van der Waals surface area contributed by atoms with Crippen LogP contribution in [0.4, 0.5) is 16.3 Å². The Labute approximate surface area is 193 Å². The van der Waals surface area contributed by atoms with Gasteiger partial charge in [0.1, 0.15) is 17.2 Å². The average molecular weight is 464 g/mol. The number of oxazole rings is 1.